The molecule has 2 atom stereocenters. The summed E-state index contributed by atoms with van der Waals surface area (Å²) in [6.07, 6.45) is 0.815. The number of thioether (sulfide) groups is 2. The van der Waals surface area contributed by atoms with Crippen molar-refractivity contribution in [2.24, 2.45) is 5.92 Å². The van der Waals surface area contributed by atoms with E-state index in [1.54, 1.807) is 0 Å². The Morgan fingerprint density at radius 3 is 2.46 bits per heavy atom. The van der Waals surface area contributed by atoms with E-state index in [-0.39, 0.29) is 17.8 Å². The molecule has 1 heterocycles. The molecule has 1 saturated heterocycles. The molecule has 1 saturated carbocycles. The first-order valence-electron chi connectivity index (χ1n) is 8.01. The van der Waals surface area contributed by atoms with Crippen LogP contribution in [-0.4, -0.2) is 17.5 Å². The van der Waals surface area contributed by atoms with Crippen LogP contribution in [0.3, 0.4) is 0 Å². The third-order valence-corrected chi connectivity index (χ3v) is 7.84. The van der Waals surface area contributed by atoms with Crippen molar-refractivity contribution in [3.05, 3.63) is 64.7 Å². The first kappa shape index (κ1) is 16.4. The average Bonchev–Trinajstić information content (AvgIpc) is 3.20. The second-order valence-corrected chi connectivity index (χ2v) is 9.17. The van der Waals surface area contributed by atoms with E-state index in [0.717, 1.165) is 17.0 Å². The molecule has 2 aromatic rings. The van der Waals surface area contributed by atoms with Gasteiger partial charge in [-0.2, -0.15) is 0 Å². The molecule has 2 aromatic carbocycles. The van der Waals surface area contributed by atoms with Gasteiger partial charge in [0.1, 0.15) is 5.75 Å². The average molecular weight is 377 g/mol. The zero-order chi connectivity index (χ0) is 16.5. The molecular weight excluding hydrogens is 360 g/mol. The van der Waals surface area contributed by atoms with E-state index in [0.29, 0.717) is 10.3 Å². The van der Waals surface area contributed by atoms with Crippen LogP contribution >= 0.6 is 35.1 Å². The fraction of sp³-hybridized carbons (Fsp3) is 0.316. The number of benzene rings is 2. The fourth-order valence-electron chi connectivity index (χ4n) is 3.01. The Kier molecular flexibility index (Phi) is 4.79. The van der Waals surface area contributed by atoms with Crippen molar-refractivity contribution in [3.8, 4) is 5.75 Å². The second kappa shape index (κ2) is 7.03. The summed E-state index contributed by atoms with van der Waals surface area (Å²) >= 11 is 10.2. The minimum absolute atomic E-state index is 0.0782. The summed E-state index contributed by atoms with van der Waals surface area (Å²) in [6.45, 7) is 0. The Balaban J connectivity index is 1.37. The smallest absolute Gasteiger partial charge is 0.314 e. The number of esters is 1. The number of carbonyl (C=O) groups is 1. The van der Waals surface area contributed by atoms with Crippen LogP contribution in [0.15, 0.2) is 48.5 Å². The van der Waals surface area contributed by atoms with Crippen LogP contribution in [-0.2, 0) is 4.79 Å². The number of hydrogen-bond donors (Lipinski definition) is 0. The molecule has 1 aliphatic heterocycles. The molecule has 2 aliphatic rings. The van der Waals surface area contributed by atoms with Crippen LogP contribution in [0.1, 0.15) is 28.0 Å². The second-order valence-electron chi connectivity index (χ2n) is 6.03. The van der Waals surface area contributed by atoms with Gasteiger partial charge in [-0.15, -0.1) is 23.5 Å². The first-order valence-corrected chi connectivity index (χ1v) is 10.5. The quantitative estimate of drug-likeness (QED) is 0.517. The molecule has 124 valence electrons. The van der Waals surface area contributed by atoms with E-state index in [1.165, 1.54) is 17.1 Å². The van der Waals surface area contributed by atoms with E-state index in [9.17, 15) is 4.79 Å². The molecule has 0 spiro atoms. The molecule has 0 amide bonds. The highest BCUT2D eigenvalue weighted by Crippen LogP contribution is 2.50. The van der Waals surface area contributed by atoms with Crippen molar-refractivity contribution in [2.45, 2.75) is 16.9 Å². The number of carbonyl (C=O) groups excluding carboxylic acids is 1. The van der Waals surface area contributed by atoms with Gasteiger partial charge >= 0.3 is 5.97 Å². The normalized spacial score (nSPS) is 23.2. The number of halogens is 1. The highest BCUT2D eigenvalue weighted by Gasteiger charge is 2.46. The minimum atomic E-state index is -0.155. The van der Waals surface area contributed by atoms with Crippen LogP contribution in [0, 0.1) is 5.92 Å². The van der Waals surface area contributed by atoms with Gasteiger partial charge in [0.15, 0.2) is 0 Å². The van der Waals surface area contributed by atoms with Crippen molar-refractivity contribution in [1.29, 1.82) is 0 Å². The summed E-state index contributed by atoms with van der Waals surface area (Å²) in [5, 5.41) is 0.730. The molecule has 24 heavy (non-hydrogen) atoms. The van der Waals surface area contributed by atoms with Crippen molar-refractivity contribution in [3.63, 3.8) is 0 Å². The molecule has 4 rings (SSSR count). The zero-order valence-corrected chi connectivity index (χ0v) is 15.4. The summed E-state index contributed by atoms with van der Waals surface area (Å²) in [5.74, 6) is 3.00. The predicted molar refractivity (Wildman–Crippen MR) is 102 cm³/mol. The zero-order valence-electron chi connectivity index (χ0n) is 13.0. The highest BCUT2D eigenvalue weighted by molar-refractivity contribution is 8.19. The number of rotatable bonds is 4. The molecule has 2 unspecified atom stereocenters. The summed E-state index contributed by atoms with van der Waals surface area (Å²) in [6, 6.07) is 15.7. The number of ether oxygens (including phenoxy) is 1. The highest BCUT2D eigenvalue weighted by atomic mass is 35.5. The van der Waals surface area contributed by atoms with Crippen LogP contribution in [0.25, 0.3) is 0 Å². The van der Waals surface area contributed by atoms with Gasteiger partial charge in [-0.25, -0.2) is 0 Å². The van der Waals surface area contributed by atoms with Crippen molar-refractivity contribution < 1.29 is 9.53 Å². The topological polar surface area (TPSA) is 26.3 Å². The van der Waals surface area contributed by atoms with Gasteiger partial charge in [0.05, 0.1) is 10.5 Å². The van der Waals surface area contributed by atoms with Crippen LogP contribution in [0.4, 0.5) is 0 Å². The standard InChI is InChI=1S/C19H17ClO2S2/c20-17-4-2-1-3-14(17)15-11-16(15)18(21)22-13-7-5-12(6-8-13)19-23-9-10-24-19/h1-8,15-16,19H,9-11H2. The molecule has 2 nitrogen and oxygen atoms in total. The van der Waals surface area contributed by atoms with Gasteiger partial charge in [0.2, 0.25) is 0 Å². The van der Waals surface area contributed by atoms with E-state index in [1.807, 2.05) is 59.9 Å². The molecular formula is C19H17ClO2S2. The van der Waals surface area contributed by atoms with E-state index in [2.05, 4.69) is 12.1 Å². The first-order chi connectivity index (χ1) is 11.7. The van der Waals surface area contributed by atoms with Crippen molar-refractivity contribution >= 4 is 41.1 Å². The maximum absolute atomic E-state index is 12.3. The van der Waals surface area contributed by atoms with Crippen molar-refractivity contribution in [1.82, 2.24) is 0 Å². The molecule has 0 aromatic heterocycles. The Morgan fingerprint density at radius 2 is 1.75 bits per heavy atom. The molecule has 2 fully saturated rings. The Hall–Kier alpha value is -1.10. The predicted octanol–water partition coefficient (Wildman–Crippen LogP) is 5.53. The Bertz CT molecular complexity index is 741. The molecule has 0 radical (unpaired) electrons. The van der Waals surface area contributed by atoms with E-state index in [4.69, 9.17) is 16.3 Å². The maximum Gasteiger partial charge on any atom is 0.314 e. The third kappa shape index (κ3) is 3.46. The molecule has 1 aliphatic carbocycles. The maximum atomic E-state index is 12.3. The van der Waals surface area contributed by atoms with Gasteiger partial charge in [-0.1, -0.05) is 41.9 Å². The molecule has 5 heteroatoms. The lowest BCUT2D eigenvalue weighted by Gasteiger charge is -2.09. The van der Waals surface area contributed by atoms with Gasteiger partial charge in [0.25, 0.3) is 0 Å². The van der Waals surface area contributed by atoms with Gasteiger partial charge in [-0.05, 0) is 41.7 Å². The Labute approximate surface area is 155 Å². The lowest BCUT2D eigenvalue weighted by atomic mass is 10.1. The van der Waals surface area contributed by atoms with Gasteiger partial charge in [0, 0.05) is 16.5 Å². The van der Waals surface area contributed by atoms with Crippen LogP contribution < -0.4 is 4.74 Å². The summed E-state index contributed by atoms with van der Waals surface area (Å²) in [5.41, 5.74) is 2.34. The fourth-order valence-corrected chi connectivity index (χ4v) is 6.15. The van der Waals surface area contributed by atoms with E-state index >= 15 is 0 Å². The molecule has 0 bridgehead atoms. The minimum Gasteiger partial charge on any atom is -0.426 e. The van der Waals surface area contributed by atoms with Crippen LogP contribution in [0.2, 0.25) is 5.02 Å². The van der Waals surface area contributed by atoms with Crippen LogP contribution in [0.5, 0.6) is 5.75 Å². The summed E-state index contributed by atoms with van der Waals surface area (Å²) < 4.78 is 6.07. The van der Waals surface area contributed by atoms with Gasteiger partial charge < -0.3 is 4.74 Å². The largest absolute Gasteiger partial charge is 0.426 e. The van der Waals surface area contributed by atoms with Gasteiger partial charge in [-0.3, -0.25) is 4.79 Å². The summed E-state index contributed by atoms with van der Waals surface area (Å²) in [7, 11) is 0. The lowest BCUT2D eigenvalue weighted by molar-refractivity contribution is -0.135. The Morgan fingerprint density at radius 1 is 1.04 bits per heavy atom. The van der Waals surface area contributed by atoms with E-state index < -0.39 is 0 Å². The molecule has 0 N–H and O–H groups in total. The van der Waals surface area contributed by atoms with Crippen molar-refractivity contribution in [2.75, 3.05) is 11.5 Å². The SMILES string of the molecule is O=C(Oc1ccc(C2SCCS2)cc1)C1CC1c1ccccc1Cl. The lowest BCUT2D eigenvalue weighted by Crippen LogP contribution is -2.11. The third-order valence-electron chi connectivity index (χ3n) is 4.39. The number of hydrogen-bond acceptors (Lipinski definition) is 4. The monoisotopic (exact) mass is 376 g/mol. The summed E-state index contributed by atoms with van der Waals surface area (Å²) in [4.78, 5) is 12.3.